The fourth-order valence-corrected chi connectivity index (χ4v) is 4.89. The molecular formula is C19H21ClN2O3S. The zero-order valence-electron chi connectivity index (χ0n) is 14.8. The van der Waals surface area contributed by atoms with E-state index in [9.17, 15) is 13.2 Å². The van der Waals surface area contributed by atoms with Crippen LogP contribution in [0.4, 0.5) is 0 Å². The number of nitrogens with zero attached hydrogens (tertiary/aromatic N) is 2. The van der Waals surface area contributed by atoms with Crippen LogP contribution in [0.3, 0.4) is 0 Å². The Morgan fingerprint density at radius 3 is 2.19 bits per heavy atom. The van der Waals surface area contributed by atoms with Crippen molar-refractivity contribution in [3.05, 3.63) is 64.2 Å². The average molecular weight is 393 g/mol. The molecule has 1 aliphatic heterocycles. The number of sulfonamides is 1. The number of aryl methyl sites for hydroxylation is 2. The van der Waals surface area contributed by atoms with E-state index in [4.69, 9.17) is 11.6 Å². The highest BCUT2D eigenvalue weighted by Crippen LogP contribution is 2.23. The lowest BCUT2D eigenvalue weighted by molar-refractivity contribution is 0.0698. The number of halogens is 1. The van der Waals surface area contributed by atoms with E-state index in [1.165, 1.54) is 4.31 Å². The molecule has 1 aliphatic rings. The predicted molar refractivity (Wildman–Crippen MR) is 102 cm³/mol. The van der Waals surface area contributed by atoms with Gasteiger partial charge in [0, 0.05) is 36.8 Å². The number of amides is 1. The van der Waals surface area contributed by atoms with Crippen LogP contribution in [0.25, 0.3) is 0 Å². The molecule has 0 radical (unpaired) electrons. The van der Waals surface area contributed by atoms with Crippen LogP contribution in [0.1, 0.15) is 21.5 Å². The fraction of sp³-hybridized carbons (Fsp3) is 0.316. The van der Waals surface area contributed by atoms with E-state index in [1.54, 1.807) is 42.2 Å². The molecule has 0 unspecified atom stereocenters. The molecule has 7 heteroatoms. The van der Waals surface area contributed by atoms with Crippen molar-refractivity contribution in [2.75, 3.05) is 26.2 Å². The molecule has 1 saturated heterocycles. The summed E-state index contributed by atoms with van der Waals surface area (Å²) < 4.78 is 27.4. The van der Waals surface area contributed by atoms with Gasteiger partial charge in [-0.2, -0.15) is 4.31 Å². The SMILES string of the molecule is Cc1ccc(C)c(S(=O)(=O)N2CCN(C(=O)c3ccc(Cl)cc3)CC2)c1. The zero-order valence-corrected chi connectivity index (χ0v) is 16.3. The van der Waals surface area contributed by atoms with Crippen LogP contribution < -0.4 is 0 Å². The number of hydrogen-bond acceptors (Lipinski definition) is 3. The van der Waals surface area contributed by atoms with Crippen LogP contribution in [0, 0.1) is 13.8 Å². The standard InChI is InChI=1S/C19H21ClN2O3S/c1-14-3-4-15(2)18(13-14)26(24,25)22-11-9-21(10-12-22)19(23)16-5-7-17(20)8-6-16/h3-8,13H,9-12H2,1-2H3. The Labute approximate surface area is 159 Å². The summed E-state index contributed by atoms with van der Waals surface area (Å²) >= 11 is 5.86. The lowest BCUT2D eigenvalue weighted by atomic mass is 10.2. The van der Waals surface area contributed by atoms with Crippen molar-refractivity contribution in [3.8, 4) is 0 Å². The second kappa shape index (κ2) is 7.39. The Morgan fingerprint density at radius 1 is 0.962 bits per heavy atom. The Morgan fingerprint density at radius 2 is 1.58 bits per heavy atom. The van der Waals surface area contributed by atoms with Crippen LogP contribution in [0.15, 0.2) is 47.4 Å². The summed E-state index contributed by atoms with van der Waals surface area (Å²) in [6.45, 7) is 4.98. The molecule has 1 amide bonds. The zero-order chi connectivity index (χ0) is 18.9. The van der Waals surface area contributed by atoms with E-state index in [0.29, 0.717) is 28.6 Å². The molecule has 2 aromatic carbocycles. The summed E-state index contributed by atoms with van der Waals surface area (Å²) in [6.07, 6.45) is 0. The summed E-state index contributed by atoms with van der Waals surface area (Å²) in [5.74, 6) is -0.106. The first-order chi connectivity index (χ1) is 12.3. The Bertz CT molecular complexity index is 918. The molecule has 5 nitrogen and oxygen atoms in total. The minimum absolute atomic E-state index is 0.106. The normalized spacial score (nSPS) is 15.9. The molecule has 0 bridgehead atoms. The summed E-state index contributed by atoms with van der Waals surface area (Å²) in [6, 6.07) is 12.1. The first-order valence-corrected chi connectivity index (χ1v) is 10.2. The minimum Gasteiger partial charge on any atom is -0.336 e. The first kappa shape index (κ1) is 18.9. The molecule has 2 aromatic rings. The predicted octanol–water partition coefficient (Wildman–Crippen LogP) is 3.10. The number of rotatable bonds is 3. The average Bonchev–Trinajstić information content (AvgIpc) is 2.64. The maximum atomic E-state index is 13.0. The fourth-order valence-electron chi connectivity index (χ4n) is 3.03. The highest BCUT2D eigenvalue weighted by Gasteiger charge is 2.31. The summed E-state index contributed by atoms with van der Waals surface area (Å²) in [4.78, 5) is 14.6. The van der Waals surface area contributed by atoms with Crippen molar-refractivity contribution >= 4 is 27.5 Å². The lowest BCUT2D eigenvalue weighted by Crippen LogP contribution is -2.50. The molecule has 138 valence electrons. The summed E-state index contributed by atoms with van der Waals surface area (Å²) in [5, 5.41) is 0.575. The van der Waals surface area contributed by atoms with Gasteiger partial charge in [-0.3, -0.25) is 4.79 Å². The summed E-state index contributed by atoms with van der Waals surface area (Å²) in [5.41, 5.74) is 2.20. The van der Waals surface area contributed by atoms with E-state index in [2.05, 4.69) is 0 Å². The molecule has 1 heterocycles. The Balaban J connectivity index is 1.72. The molecule has 0 spiro atoms. The van der Waals surface area contributed by atoms with Gasteiger partial charge >= 0.3 is 0 Å². The van der Waals surface area contributed by atoms with E-state index >= 15 is 0 Å². The van der Waals surface area contributed by atoms with Crippen LogP contribution in [0.5, 0.6) is 0 Å². The lowest BCUT2D eigenvalue weighted by Gasteiger charge is -2.34. The topological polar surface area (TPSA) is 57.7 Å². The van der Waals surface area contributed by atoms with Crippen molar-refractivity contribution in [2.24, 2.45) is 0 Å². The van der Waals surface area contributed by atoms with E-state index in [0.717, 1.165) is 11.1 Å². The monoisotopic (exact) mass is 392 g/mol. The van der Waals surface area contributed by atoms with Gasteiger partial charge in [-0.15, -0.1) is 0 Å². The second-order valence-electron chi connectivity index (χ2n) is 6.47. The molecule has 3 rings (SSSR count). The van der Waals surface area contributed by atoms with E-state index < -0.39 is 10.0 Å². The van der Waals surface area contributed by atoms with Gasteiger partial charge in [0.15, 0.2) is 0 Å². The molecule has 0 N–H and O–H groups in total. The molecule has 0 saturated carbocycles. The van der Waals surface area contributed by atoms with E-state index in [1.807, 2.05) is 19.1 Å². The molecule has 0 aliphatic carbocycles. The van der Waals surface area contributed by atoms with Gasteiger partial charge in [-0.05, 0) is 55.3 Å². The third kappa shape index (κ3) is 3.77. The van der Waals surface area contributed by atoms with Gasteiger partial charge in [-0.1, -0.05) is 23.7 Å². The van der Waals surface area contributed by atoms with Gasteiger partial charge in [0.2, 0.25) is 10.0 Å². The Hall–Kier alpha value is -1.89. The highest BCUT2D eigenvalue weighted by atomic mass is 35.5. The first-order valence-electron chi connectivity index (χ1n) is 8.41. The summed E-state index contributed by atoms with van der Waals surface area (Å²) in [7, 11) is -3.56. The van der Waals surface area contributed by atoms with Crippen LogP contribution in [0.2, 0.25) is 5.02 Å². The number of piperazine rings is 1. The largest absolute Gasteiger partial charge is 0.336 e. The smallest absolute Gasteiger partial charge is 0.253 e. The molecular weight excluding hydrogens is 372 g/mol. The number of carbonyl (C=O) groups is 1. The third-order valence-corrected chi connectivity index (χ3v) is 6.87. The Kier molecular flexibility index (Phi) is 5.37. The quantitative estimate of drug-likeness (QED) is 0.806. The van der Waals surface area contributed by atoms with Crippen molar-refractivity contribution in [1.82, 2.24) is 9.21 Å². The van der Waals surface area contributed by atoms with Gasteiger partial charge < -0.3 is 4.90 Å². The van der Waals surface area contributed by atoms with Crippen molar-refractivity contribution in [2.45, 2.75) is 18.7 Å². The van der Waals surface area contributed by atoms with Gasteiger partial charge in [-0.25, -0.2) is 8.42 Å². The molecule has 0 aromatic heterocycles. The number of hydrogen-bond donors (Lipinski definition) is 0. The maximum Gasteiger partial charge on any atom is 0.253 e. The van der Waals surface area contributed by atoms with Gasteiger partial charge in [0.1, 0.15) is 0 Å². The van der Waals surface area contributed by atoms with Gasteiger partial charge in [0.25, 0.3) is 5.91 Å². The molecule has 1 fully saturated rings. The number of benzene rings is 2. The number of carbonyl (C=O) groups excluding carboxylic acids is 1. The third-order valence-electron chi connectivity index (χ3n) is 4.58. The van der Waals surface area contributed by atoms with Crippen LogP contribution in [-0.2, 0) is 10.0 Å². The van der Waals surface area contributed by atoms with E-state index in [-0.39, 0.29) is 19.0 Å². The molecule has 26 heavy (non-hydrogen) atoms. The maximum absolute atomic E-state index is 13.0. The second-order valence-corrected chi connectivity index (χ2v) is 8.81. The van der Waals surface area contributed by atoms with Crippen molar-refractivity contribution in [3.63, 3.8) is 0 Å². The van der Waals surface area contributed by atoms with Crippen LogP contribution >= 0.6 is 11.6 Å². The van der Waals surface area contributed by atoms with Crippen molar-refractivity contribution < 1.29 is 13.2 Å². The van der Waals surface area contributed by atoms with Crippen molar-refractivity contribution in [1.29, 1.82) is 0 Å². The molecule has 0 atom stereocenters. The minimum atomic E-state index is -3.56. The van der Waals surface area contributed by atoms with Gasteiger partial charge in [0.05, 0.1) is 4.90 Å². The highest BCUT2D eigenvalue weighted by molar-refractivity contribution is 7.89. The van der Waals surface area contributed by atoms with Crippen LogP contribution in [-0.4, -0.2) is 49.7 Å².